The molecular formula is C19H20BrNO3. The normalized spacial score (nSPS) is 11.6. The van der Waals surface area contributed by atoms with Crippen molar-refractivity contribution in [2.24, 2.45) is 0 Å². The van der Waals surface area contributed by atoms with Gasteiger partial charge < -0.3 is 10.1 Å². The zero-order valence-corrected chi connectivity index (χ0v) is 15.3. The van der Waals surface area contributed by atoms with E-state index in [2.05, 4.69) is 35.1 Å². The van der Waals surface area contributed by atoms with E-state index in [1.165, 1.54) is 0 Å². The van der Waals surface area contributed by atoms with Gasteiger partial charge in [-0.05, 0) is 48.2 Å². The van der Waals surface area contributed by atoms with Crippen molar-refractivity contribution in [3.05, 3.63) is 64.1 Å². The lowest BCUT2D eigenvalue weighted by Gasteiger charge is -2.15. The Bertz CT molecular complexity index is 713. The number of amides is 1. The van der Waals surface area contributed by atoms with Gasteiger partial charge in [0.05, 0.1) is 5.56 Å². The van der Waals surface area contributed by atoms with Crippen LogP contribution in [-0.2, 0) is 9.53 Å². The van der Waals surface area contributed by atoms with Crippen molar-refractivity contribution in [1.82, 2.24) is 0 Å². The molecule has 0 bridgehead atoms. The van der Waals surface area contributed by atoms with E-state index in [9.17, 15) is 9.59 Å². The van der Waals surface area contributed by atoms with Crippen molar-refractivity contribution in [2.45, 2.75) is 26.2 Å². The number of halogens is 1. The Kier molecular flexibility index (Phi) is 6.55. The summed E-state index contributed by atoms with van der Waals surface area (Å²) in [6.45, 7) is 3.89. The third kappa shape index (κ3) is 4.93. The van der Waals surface area contributed by atoms with Gasteiger partial charge in [0.25, 0.3) is 5.91 Å². The number of hydrogen-bond donors (Lipinski definition) is 1. The first kappa shape index (κ1) is 18.2. The fourth-order valence-electron chi connectivity index (χ4n) is 2.25. The smallest absolute Gasteiger partial charge is 0.338 e. The van der Waals surface area contributed by atoms with Gasteiger partial charge in [-0.25, -0.2) is 4.79 Å². The predicted octanol–water partition coefficient (Wildman–Crippen LogP) is 4.76. The average molecular weight is 390 g/mol. The van der Waals surface area contributed by atoms with Crippen LogP contribution in [0.15, 0.2) is 53.0 Å². The van der Waals surface area contributed by atoms with Gasteiger partial charge in [-0.3, -0.25) is 4.79 Å². The van der Waals surface area contributed by atoms with Crippen LogP contribution in [0.5, 0.6) is 0 Å². The van der Waals surface area contributed by atoms with Gasteiger partial charge in [-0.1, -0.05) is 48.0 Å². The molecule has 1 amide bonds. The summed E-state index contributed by atoms with van der Waals surface area (Å²) in [5.41, 5.74) is 2.25. The molecule has 1 N–H and O–H groups in total. The first-order valence-corrected chi connectivity index (χ1v) is 8.62. The zero-order chi connectivity index (χ0) is 17.5. The van der Waals surface area contributed by atoms with Crippen LogP contribution in [0, 0.1) is 0 Å². The molecule has 0 heterocycles. The van der Waals surface area contributed by atoms with Gasteiger partial charge >= 0.3 is 5.97 Å². The number of hydrogen-bond acceptors (Lipinski definition) is 3. The Morgan fingerprint density at radius 1 is 1.12 bits per heavy atom. The summed E-state index contributed by atoms with van der Waals surface area (Å²) in [5.74, 6) is -0.532. The van der Waals surface area contributed by atoms with Gasteiger partial charge in [-0.2, -0.15) is 0 Å². The number of ether oxygens (including phenoxy) is 1. The zero-order valence-electron chi connectivity index (χ0n) is 13.7. The largest absolute Gasteiger partial charge is 0.452 e. The van der Waals surface area contributed by atoms with Gasteiger partial charge in [0, 0.05) is 10.2 Å². The highest BCUT2D eigenvalue weighted by molar-refractivity contribution is 9.10. The molecule has 0 saturated carbocycles. The van der Waals surface area contributed by atoms with Crippen molar-refractivity contribution in [3.63, 3.8) is 0 Å². The lowest BCUT2D eigenvalue weighted by Crippen LogP contribution is -2.21. The van der Waals surface area contributed by atoms with Crippen molar-refractivity contribution < 1.29 is 14.3 Å². The number of nitrogens with one attached hydrogen (secondary N) is 1. The number of benzene rings is 2. The van der Waals surface area contributed by atoms with Crippen LogP contribution in [0.2, 0.25) is 0 Å². The third-order valence-electron chi connectivity index (χ3n) is 3.79. The van der Waals surface area contributed by atoms with Gasteiger partial charge in [0.2, 0.25) is 0 Å². The minimum absolute atomic E-state index is 0.316. The quantitative estimate of drug-likeness (QED) is 0.724. The summed E-state index contributed by atoms with van der Waals surface area (Å²) >= 11 is 3.30. The molecule has 0 radical (unpaired) electrons. The van der Waals surface area contributed by atoms with E-state index in [0.29, 0.717) is 11.5 Å². The lowest BCUT2D eigenvalue weighted by molar-refractivity contribution is -0.119. The van der Waals surface area contributed by atoms with Crippen LogP contribution < -0.4 is 5.32 Å². The van der Waals surface area contributed by atoms with Gasteiger partial charge in [-0.15, -0.1) is 0 Å². The first-order valence-electron chi connectivity index (χ1n) is 7.82. The molecule has 1 atom stereocenters. The topological polar surface area (TPSA) is 55.4 Å². The molecule has 0 aromatic heterocycles. The molecule has 4 nitrogen and oxygen atoms in total. The number of carbonyl (C=O) groups excluding carboxylic acids is 2. The number of anilines is 1. The maximum Gasteiger partial charge on any atom is 0.338 e. The summed E-state index contributed by atoms with van der Waals surface area (Å²) in [6, 6.07) is 14.5. The van der Waals surface area contributed by atoms with Crippen LogP contribution in [0.4, 0.5) is 5.69 Å². The molecule has 0 unspecified atom stereocenters. The molecule has 2 aromatic carbocycles. The highest BCUT2D eigenvalue weighted by atomic mass is 79.9. The van der Waals surface area contributed by atoms with E-state index < -0.39 is 5.97 Å². The van der Waals surface area contributed by atoms with Crippen LogP contribution in [-0.4, -0.2) is 18.5 Å². The summed E-state index contributed by atoms with van der Waals surface area (Å²) in [5, 5.41) is 2.82. The highest BCUT2D eigenvalue weighted by Crippen LogP contribution is 2.26. The first-order chi connectivity index (χ1) is 11.5. The lowest BCUT2D eigenvalue weighted by atomic mass is 9.97. The standard InChI is InChI=1S/C19H20BrNO3/c1-3-13(2)16-6-4-5-7-17(16)21-18(22)12-24-19(23)14-8-10-15(20)11-9-14/h4-11,13H,3,12H2,1-2H3,(H,21,22)/t13-/m1/s1. The summed E-state index contributed by atoms with van der Waals surface area (Å²) in [6.07, 6.45) is 0.978. The molecule has 0 spiro atoms. The Balaban J connectivity index is 1.94. The minimum atomic E-state index is -0.520. The van der Waals surface area contributed by atoms with Crippen molar-refractivity contribution in [2.75, 3.05) is 11.9 Å². The molecule has 5 heteroatoms. The minimum Gasteiger partial charge on any atom is -0.452 e. The van der Waals surface area contributed by atoms with Crippen LogP contribution in [0.1, 0.15) is 42.1 Å². The maximum absolute atomic E-state index is 12.1. The second-order valence-corrected chi connectivity index (χ2v) is 6.44. The number of rotatable bonds is 6. The van der Waals surface area contributed by atoms with E-state index in [4.69, 9.17) is 4.74 Å². The van der Waals surface area contributed by atoms with E-state index in [-0.39, 0.29) is 12.5 Å². The maximum atomic E-state index is 12.1. The molecule has 24 heavy (non-hydrogen) atoms. The van der Waals surface area contributed by atoms with Crippen LogP contribution in [0.25, 0.3) is 0 Å². The Hall–Kier alpha value is -2.14. The van der Waals surface area contributed by atoms with E-state index in [1.54, 1.807) is 24.3 Å². The van der Waals surface area contributed by atoms with Crippen molar-refractivity contribution in [1.29, 1.82) is 0 Å². The molecule has 2 rings (SSSR count). The molecular weight excluding hydrogens is 370 g/mol. The SMILES string of the molecule is CC[C@@H](C)c1ccccc1NC(=O)COC(=O)c1ccc(Br)cc1. The second-order valence-electron chi connectivity index (χ2n) is 5.53. The summed E-state index contributed by atoms with van der Waals surface area (Å²) in [7, 11) is 0. The average Bonchev–Trinajstić information content (AvgIpc) is 2.60. The molecule has 0 saturated heterocycles. The van der Waals surface area contributed by atoms with Gasteiger partial charge in [0.1, 0.15) is 0 Å². The fourth-order valence-corrected chi connectivity index (χ4v) is 2.51. The molecule has 0 aliphatic rings. The molecule has 126 valence electrons. The van der Waals surface area contributed by atoms with E-state index in [1.807, 2.05) is 24.3 Å². The van der Waals surface area contributed by atoms with Gasteiger partial charge in [0.15, 0.2) is 6.61 Å². The molecule has 0 aliphatic carbocycles. The number of carbonyl (C=O) groups is 2. The molecule has 0 fully saturated rings. The fraction of sp³-hybridized carbons (Fsp3) is 0.263. The Morgan fingerprint density at radius 2 is 1.79 bits per heavy atom. The van der Waals surface area contributed by atoms with Crippen molar-refractivity contribution >= 4 is 33.5 Å². The monoisotopic (exact) mass is 389 g/mol. The summed E-state index contributed by atoms with van der Waals surface area (Å²) in [4.78, 5) is 24.0. The summed E-state index contributed by atoms with van der Waals surface area (Å²) < 4.78 is 5.94. The Labute approximate surface area is 150 Å². The highest BCUT2D eigenvalue weighted by Gasteiger charge is 2.13. The van der Waals surface area contributed by atoms with Crippen LogP contribution in [0.3, 0.4) is 0 Å². The third-order valence-corrected chi connectivity index (χ3v) is 4.32. The second kappa shape index (κ2) is 8.64. The molecule has 0 aliphatic heterocycles. The van der Waals surface area contributed by atoms with Crippen molar-refractivity contribution in [3.8, 4) is 0 Å². The number of esters is 1. The Morgan fingerprint density at radius 3 is 2.46 bits per heavy atom. The molecule has 2 aromatic rings. The number of para-hydroxylation sites is 1. The van der Waals surface area contributed by atoms with Crippen LogP contribution >= 0.6 is 15.9 Å². The predicted molar refractivity (Wildman–Crippen MR) is 98.2 cm³/mol. The van der Waals surface area contributed by atoms with E-state index in [0.717, 1.165) is 22.1 Å². The van der Waals surface area contributed by atoms with E-state index >= 15 is 0 Å².